The molecular weight excluding hydrogens is 409 g/mol. The van der Waals surface area contributed by atoms with Crippen LogP contribution >= 0.6 is 45.8 Å². The van der Waals surface area contributed by atoms with E-state index in [0.29, 0.717) is 22.9 Å². The van der Waals surface area contributed by atoms with Gasteiger partial charge in [0.15, 0.2) is 0 Å². The monoisotopic (exact) mass is 419 g/mol. The zero-order chi connectivity index (χ0) is 18.1. The lowest BCUT2D eigenvalue weighted by Gasteiger charge is -2.40. The zero-order valence-corrected chi connectivity index (χ0v) is 15.0. The summed E-state index contributed by atoms with van der Waals surface area (Å²) in [7, 11) is -9.70. The molecule has 0 radical (unpaired) electrons. The average molecular weight is 420 g/mol. The summed E-state index contributed by atoms with van der Waals surface area (Å²) in [5.74, 6) is 0.463. The Hall–Kier alpha value is -1.03. The normalized spacial score (nSPS) is 14.6. The molecule has 1 N–H and O–H groups in total. The third kappa shape index (κ3) is 5.80. The highest BCUT2D eigenvalue weighted by Gasteiger charge is 2.65. The minimum atomic E-state index is -9.70. The van der Waals surface area contributed by atoms with Gasteiger partial charge in [-0.2, -0.15) is 0 Å². The zero-order valence-electron chi connectivity index (χ0n) is 11.8. The summed E-state index contributed by atoms with van der Waals surface area (Å²) >= 11 is 11.9. The van der Waals surface area contributed by atoms with Crippen LogP contribution in [0.1, 0.15) is 5.56 Å². The minimum Gasteiger partial charge on any atom is -0.341 e. The number of halogens is 6. The van der Waals surface area contributed by atoms with E-state index in [1.54, 1.807) is 24.3 Å². The molecule has 24 heavy (non-hydrogen) atoms. The molecule has 0 aromatic heterocycles. The third-order valence-corrected chi connectivity index (χ3v) is 5.50. The second-order valence-corrected chi connectivity index (χ2v) is 9.32. The number of nitrogens with one attached hydrogen (secondary N) is 1. The molecule has 0 atom stereocenters. The van der Waals surface area contributed by atoms with Crippen molar-refractivity contribution in [3.05, 3.63) is 59.1 Å². The van der Waals surface area contributed by atoms with Crippen LogP contribution in [0, 0.1) is 0 Å². The smallest absolute Gasteiger partial charge is 0.310 e. The van der Waals surface area contributed by atoms with Gasteiger partial charge in [0.05, 0.1) is 0 Å². The van der Waals surface area contributed by atoms with E-state index in [2.05, 4.69) is 5.32 Å². The highest BCUT2D eigenvalue weighted by Crippen LogP contribution is 3.02. The first kappa shape index (κ1) is 19.3. The number of anilines is 1. The van der Waals surface area contributed by atoms with Gasteiger partial charge in [0.2, 0.25) is 0 Å². The molecule has 0 aliphatic rings. The molecule has 0 aliphatic carbocycles. The molecule has 0 spiro atoms. The van der Waals surface area contributed by atoms with Crippen molar-refractivity contribution in [2.75, 3.05) is 5.32 Å². The van der Waals surface area contributed by atoms with E-state index in [1.807, 2.05) is 0 Å². The van der Waals surface area contributed by atoms with Crippen LogP contribution in [-0.4, -0.2) is 4.32 Å². The Morgan fingerprint density at radius 1 is 1.04 bits per heavy atom. The molecule has 0 fully saturated rings. The van der Waals surface area contributed by atoms with Gasteiger partial charge in [-0.15, -0.1) is 0 Å². The summed E-state index contributed by atoms with van der Waals surface area (Å²) in [5.41, 5.74) is 0.767. The fourth-order valence-electron chi connectivity index (χ4n) is 1.70. The van der Waals surface area contributed by atoms with Crippen molar-refractivity contribution in [3.63, 3.8) is 0 Å². The molecule has 2 rings (SSSR count). The molecule has 0 bridgehead atoms. The van der Waals surface area contributed by atoms with E-state index >= 15 is 0 Å². The molecule has 0 unspecified atom stereocenters. The SMILES string of the molecule is FS(F)(F)(F)(F)c1cccc(NC(=S)SCc2ccc(Cl)cc2)c1. The quantitative estimate of drug-likeness (QED) is 0.404. The Labute approximate surface area is 150 Å². The van der Waals surface area contributed by atoms with Crippen molar-refractivity contribution in [2.24, 2.45) is 0 Å². The summed E-state index contributed by atoms with van der Waals surface area (Å²) in [6.07, 6.45) is 0. The van der Waals surface area contributed by atoms with E-state index in [4.69, 9.17) is 23.8 Å². The van der Waals surface area contributed by atoms with Crippen LogP contribution in [-0.2, 0) is 5.75 Å². The van der Waals surface area contributed by atoms with Gasteiger partial charge in [0.1, 0.15) is 9.22 Å². The predicted octanol–water partition coefficient (Wildman–Crippen LogP) is 7.63. The van der Waals surface area contributed by atoms with E-state index < -0.39 is 15.1 Å². The number of benzene rings is 2. The van der Waals surface area contributed by atoms with Gasteiger partial charge in [-0.3, -0.25) is 0 Å². The lowest BCUT2D eigenvalue weighted by atomic mass is 10.2. The highest BCUT2D eigenvalue weighted by molar-refractivity contribution is 8.45. The Balaban J connectivity index is 2.04. The van der Waals surface area contributed by atoms with E-state index in [1.165, 1.54) is 6.07 Å². The van der Waals surface area contributed by atoms with Crippen molar-refractivity contribution >= 4 is 55.8 Å². The van der Waals surface area contributed by atoms with Crippen molar-refractivity contribution in [1.29, 1.82) is 0 Å². The Morgan fingerprint density at radius 3 is 2.25 bits per heavy atom. The Kier molecular flexibility index (Phi) is 4.86. The van der Waals surface area contributed by atoms with Crippen LogP contribution in [0.15, 0.2) is 53.4 Å². The number of thioether (sulfide) groups is 1. The summed E-state index contributed by atoms with van der Waals surface area (Å²) in [6.45, 7) is 0. The number of rotatable bonds is 4. The van der Waals surface area contributed by atoms with Gasteiger partial charge in [-0.05, 0) is 35.9 Å². The molecule has 0 heterocycles. The first-order valence-electron chi connectivity index (χ1n) is 6.36. The lowest BCUT2D eigenvalue weighted by molar-refractivity contribution is 0.364. The van der Waals surface area contributed by atoms with Crippen molar-refractivity contribution in [3.8, 4) is 0 Å². The first-order chi connectivity index (χ1) is 10.8. The second-order valence-electron chi connectivity index (χ2n) is 4.82. The van der Waals surface area contributed by atoms with E-state index in [9.17, 15) is 19.4 Å². The van der Waals surface area contributed by atoms with Gasteiger partial charge in [-0.25, -0.2) is 0 Å². The van der Waals surface area contributed by atoms with E-state index in [-0.39, 0.29) is 10.0 Å². The van der Waals surface area contributed by atoms with Gasteiger partial charge < -0.3 is 5.32 Å². The van der Waals surface area contributed by atoms with Crippen molar-refractivity contribution < 1.29 is 19.4 Å². The van der Waals surface area contributed by atoms with Gasteiger partial charge in [0, 0.05) is 16.5 Å². The van der Waals surface area contributed by atoms with Crippen LogP contribution in [0.4, 0.5) is 25.1 Å². The molecule has 2 aromatic carbocycles. The second kappa shape index (κ2) is 6.05. The number of thiocarbonyl (C=S) groups is 1. The highest BCUT2D eigenvalue weighted by atomic mass is 35.5. The van der Waals surface area contributed by atoms with Crippen molar-refractivity contribution in [1.82, 2.24) is 0 Å². The maximum Gasteiger partial charge on any atom is 0.310 e. The third-order valence-electron chi connectivity index (χ3n) is 2.81. The topological polar surface area (TPSA) is 12.0 Å². The van der Waals surface area contributed by atoms with Crippen molar-refractivity contribution in [2.45, 2.75) is 10.6 Å². The Bertz CT molecular complexity index is 762. The van der Waals surface area contributed by atoms with Crippen LogP contribution in [0.5, 0.6) is 0 Å². The molecule has 1 nitrogen and oxygen atoms in total. The summed E-state index contributed by atoms with van der Waals surface area (Å²) < 4.78 is 64.1. The standard InChI is InChI=1S/C14H11ClF5NS3/c15-11-6-4-10(5-7-11)9-23-14(22)21-12-2-1-3-13(8-12)24(16,17,18,19)20/h1-8H,9H2,(H,21,22). The fourth-order valence-corrected chi connectivity index (χ4v) is 3.48. The molecule has 10 heteroatoms. The minimum absolute atomic E-state index is 0.144. The lowest BCUT2D eigenvalue weighted by Crippen LogP contribution is -2.09. The largest absolute Gasteiger partial charge is 0.341 e. The number of hydrogen-bond donors (Lipinski definition) is 1. The van der Waals surface area contributed by atoms with Gasteiger partial charge >= 0.3 is 10.2 Å². The van der Waals surface area contributed by atoms with Crippen LogP contribution in [0.2, 0.25) is 5.02 Å². The maximum absolute atomic E-state index is 12.8. The molecule has 0 aliphatic heterocycles. The summed E-state index contributed by atoms with van der Waals surface area (Å²) in [4.78, 5) is -1.95. The Morgan fingerprint density at radius 2 is 1.67 bits per heavy atom. The molecule has 2 aromatic rings. The number of hydrogen-bond acceptors (Lipinski definition) is 2. The van der Waals surface area contributed by atoms with Gasteiger partial charge in [-0.1, -0.05) is 73.2 Å². The van der Waals surface area contributed by atoms with Crippen LogP contribution in [0.3, 0.4) is 0 Å². The van der Waals surface area contributed by atoms with Crippen LogP contribution in [0.25, 0.3) is 0 Å². The first-order valence-corrected chi connectivity index (χ1v) is 10.1. The molecule has 0 saturated heterocycles. The van der Waals surface area contributed by atoms with E-state index in [0.717, 1.165) is 23.4 Å². The predicted molar refractivity (Wildman–Crippen MR) is 96.8 cm³/mol. The maximum atomic E-state index is 12.8. The average Bonchev–Trinajstić information content (AvgIpc) is 2.45. The van der Waals surface area contributed by atoms with Crippen LogP contribution < -0.4 is 5.32 Å². The molecule has 0 amide bonds. The summed E-state index contributed by atoms with van der Waals surface area (Å²) in [6, 6.07) is 9.81. The summed E-state index contributed by atoms with van der Waals surface area (Å²) in [5, 5.41) is 3.11. The fraction of sp³-hybridized carbons (Fsp3) is 0.0714. The molecule has 132 valence electrons. The molecular formula is C14H11ClF5NS3. The molecule has 0 saturated carbocycles. The van der Waals surface area contributed by atoms with Gasteiger partial charge in [0.25, 0.3) is 0 Å².